The lowest BCUT2D eigenvalue weighted by atomic mass is 10.0. The number of carbonyl (C=O) groups is 1. The number of halogens is 1. The van der Waals surface area contributed by atoms with Gasteiger partial charge in [-0.2, -0.15) is 0 Å². The van der Waals surface area contributed by atoms with Gasteiger partial charge in [-0.05, 0) is 36.1 Å². The Balaban J connectivity index is 1.63. The molecule has 1 saturated heterocycles. The molecule has 156 valence electrons. The quantitative estimate of drug-likeness (QED) is 0.741. The highest BCUT2D eigenvalue weighted by Gasteiger charge is 2.34. The summed E-state index contributed by atoms with van der Waals surface area (Å²) in [5, 5.41) is -0.939. The van der Waals surface area contributed by atoms with Crippen LogP contribution in [-0.4, -0.2) is 44.7 Å². The zero-order chi connectivity index (χ0) is 21.0. The molecule has 1 amide bonds. The highest BCUT2D eigenvalue weighted by molar-refractivity contribution is 7.91. The van der Waals surface area contributed by atoms with Crippen molar-refractivity contribution in [3.05, 3.63) is 65.5 Å². The SMILES string of the molecule is CC(C)c1ccc(OCC(=O)N2CCC(c3ccccc3F)S(=O)(=O)CC2)cc1. The summed E-state index contributed by atoms with van der Waals surface area (Å²) in [6.45, 7) is 4.36. The van der Waals surface area contributed by atoms with E-state index < -0.39 is 20.9 Å². The summed E-state index contributed by atoms with van der Waals surface area (Å²) in [6.07, 6.45) is 0.165. The van der Waals surface area contributed by atoms with Gasteiger partial charge in [0.2, 0.25) is 0 Å². The molecular weight excluding hydrogens is 393 g/mol. The minimum Gasteiger partial charge on any atom is -0.484 e. The molecule has 29 heavy (non-hydrogen) atoms. The van der Waals surface area contributed by atoms with Crippen LogP contribution in [0.25, 0.3) is 0 Å². The summed E-state index contributed by atoms with van der Waals surface area (Å²) in [4.78, 5) is 14.0. The van der Waals surface area contributed by atoms with Crippen molar-refractivity contribution in [2.45, 2.75) is 31.4 Å². The zero-order valence-electron chi connectivity index (χ0n) is 16.7. The van der Waals surface area contributed by atoms with Gasteiger partial charge in [0.05, 0.1) is 11.0 Å². The number of hydrogen-bond acceptors (Lipinski definition) is 4. The van der Waals surface area contributed by atoms with E-state index in [2.05, 4.69) is 13.8 Å². The van der Waals surface area contributed by atoms with Crippen LogP contribution < -0.4 is 4.74 Å². The fraction of sp³-hybridized carbons (Fsp3) is 0.409. The van der Waals surface area contributed by atoms with E-state index >= 15 is 0 Å². The van der Waals surface area contributed by atoms with Crippen LogP contribution >= 0.6 is 0 Å². The Kier molecular flexibility index (Phi) is 6.57. The van der Waals surface area contributed by atoms with Crippen LogP contribution in [0.2, 0.25) is 0 Å². The van der Waals surface area contributed by atoms with E-state index in [1.54, 1.807) is 6.07 Å². The maximum absolute atomic E-state index is 14.1. The van der Waals surface area contributed by atoms with Crippen LogP contribution in [0.1, 0.15) is 42.6 Å². The highest BCUT2D eigenvalue weighted by atomic mass is 32.2. The Morgan fingerprint density at radius 1 is 1.14 bits per heavy atom. The number of benzene rings is 2. The molecule has 0 aliphatic carbocycles. The van der Waals surface area contributed by atoms with Gasteiger partial charge in [0.1, 0.15) is 11.6 Å². The summed E-state index contributed by atoms with van der Waals surface area (Å²) >= 11 is 0. The van der Waals surface area contributed by atoms with E-state index in [9.17, 15) is 17.6 Å². The lowest BCUT2D eigenvalue weighted by Crippen LogP contribution is -2.37. The molecule has 1 heterocycles. The molecule has 2 aromatic carbocycles. The highest BCUT2D eigenvalue weighted by Crippen LogP contribution is 2.31. The largest absolute Gasteiger partial charge is 0.484 e. The molecule has 0 N–H and O–H groups in total. The van der Waals surface area contributed by atoms with E-state index in [-0.39, 0.29) is 43.3 Å². The van der Waals surface area contributed by atoms with Gasteiger partial charge in [-0.3, -0.25) is 4.79 Å². The summed E-state index contributed by atoms with van der Waals surface area (Å²) in [7, 11) is -3.56. The Labute approximate surface area is 171 Å². The van der Waals surface area contributed by atoms with Crippen molar-refractivity contribution in [3.63, 3.8) is 0 Å². The second kappa shape index (κ2) is 8.95. The molecule has 1 aliphatic heterocycles. The van der Waals surface area contributed by atoms with Crippen LogP contribution in [0.4, 0.5) is 4.39 Å². The fourth-order valence-electron chi connectivity index (χ4n) is 3.46. The number of rotatable bonds is 5. The second-order valence-corrected chi connectivity index (χ2v) is 9.86. The number of ether oxygens (including phenoxy) is 1. The first-order valence-corrected chi connectivity index (χ1v) is 11.5. The topological polar surface area (TPSA) is 63.7 Å². The number of sulfone groups is 1. The minimum atomic E-state index is -3.56. The molecule has 0 saturated carbocycles. The monoisotopic (exact) mass is 419 g/mol. The molecule has 0 aromatic heterocycles. The number of carbonyl (C=O) groups excluding carboxylic acids is 1. The number of nitrogens with zero attached hydrogens (tertiary/aromatic N) is 1. The summed E-state index contributed by atoms with van der Waals surface area (Å²) in [6, 6.07) is 13.5. The van der Waals surface area contributed by atoms with Crippen LogP contribution in [-0.2, 0) is 14.6 Å². The average Bonchev–Trinajstić information content (AvgIpc) is 2.85. The van der Waals surface area contributed by atoms with Gasteiger partial charge in [0.25, 0.3) is 5.91 Å². The Bertz CT molecular complexity index is 957. The van der Waals surface area contributed by atoms with Crippen LogP contribution in [0.5, 0.6) is 5.75 Å². The molecule has 0 bridgehead atoms. The molecule has 5 nitrogen and oxygen atoms in total. The zero-order valence-corrected chi connectivity index (χ0v) is 17.5. The van der Waals surface area contributed by atoms with Gasteiger partial charge in [0, 0.05) is 18.7 Å². The smallest absolute Gasteiger partial charge is 0.260 e. The minimum absolute atomic E-state index is 0.0851. The van der Waals surface area contributed by atoms with Crippen molar-refractivity contribution in [1.82, 2.24) is 4.90 Å². The van der Waals surface area contributed by atoms with Crippen molar-refractivity contribution in [2.75, 3.05) is 25.4 Å². The molecule has 3 rings (SSSR count). The molecule has 7 heteroatoms. The Morgan fingerprint density at radius 3 is 2.48 bits per heavy atom. The molecule has 0 spiro atoms. The fourth-order valence-corrected chi connectivity index (χ4v) is 5.27. The van der Waals surface area contributed by atoms with E-state index in [0.717, 1.165) is 0 Å². The van der Waals surface area contributed by atoms with Gasteiger partial charge < -0.3 is 9.64 Å². The van der Waals surface area contributed by atoms with E-state index in [0.29, 0.717) is 11.7 Å². The first-order valence-electron chi connectivity index (χ1n) is 9.74. The predicted molar refractivity (Wildman–Crippen MR) is 110 cm³/mol. The predicted octanol–water partition coefficient (Wildman–Crippen LogP) is 3.72. The van der Waals surface area contributed by atoms with E-state index in [1.807, 2.05) is 24.3 Å². The van der Waals surface area contributed by atoms with Gasteiger partial charge in [-0.25, -0.2) is 12.8 Å². The van der Waals surface area contributed by atoms with Crippen molar-refractivity contribution in [3.8, 4) is 5.75 Å². The molecule has 1 aliphatic rings. The number of amides is 1. The summed E-state index contributed by atoms with van der Waals surface area (Å²) in [5.74, 6) is -0.00112. The lowest BCUT2D eigenvalue weighted by Gasteiger charge is -2.20. The third-order valence-corrected chi connectivity index (χ3v) is 7.36. The van der Waals surface area contributed by atoms with Gasteiger partial charge in [-0.1, -0.05) is 44.2 Å². The second-order valence-electron chi connectivity index (χ2n) is 7.56. The summed E-state index contributed by atoms with van der Waals surface area (Å²) in [5.41, 5.74) is 1.35. The molecule has 1 fully saturated rings. The molecular formula is C22H26FNO4S. The van der Waals surface area contributed by atoms with Gasteiger partial charge in [-0.15, -0.1) is 0 Å². The van der Waals surface area contributed by atoms with Gasteiger partial charge >= 0.3 is 0 Å². The van der Waals surface area contributed by atoms with E-state index in [4.69, 9.17) is 4.74 Å². The van der Waals surface area contributed by atoms with Crippen molar-refractivity contribution >= 4 is 15.7 Å². The van der Waals surface area contributed by atoms with Crippen LogP contribution in [0.3, 0.4) is 0 Å². The van der Waals surface area contributed by atoms with Crippen molar-refractivity contribution in [1.29, 1.82) is 0 Å². The number of hydrogen-bond donors (Lipinski definition) is 0. The van der Waals surface area contributed by atoms with Crippen molar-refractivity contribution < 1.29 is 22.3 Å². The average molecular weight is 420 g/mol. The maximum Gasteiger partial charge on any atom is 0.260 e. The molecule has 1 atom stereocenters. The Morgan fingerprint density at radius 2 is 1.83 bits per heavy atom. The third-order valence-electron chi connectivity index (χ3n) is 5.25. The normalized spacial score (nSPS) is 19.0. The van der Waals surface area contributed by atoms with Crippen LogP contribution in [0, 0.1) is 5.82 Å². The van der Waals surface area contributed by atoms with Gasteiger partial charge in [0.15, 0.2) is 16.4 Å². The molecule has 1 unspecified atom stereocenters. The van der Waals surface area contributed by atoms with Crippen LogP contribution in [0.15, 0.2) is 48.5 Å². The van der Waals surface area contributed by atoms with Crippen molar-refractivity contribution in [2.24, 2.45) is 0 Å². The first kappa shape index (κ1) is 21.3. The first-order chi connectivity index (χ1) is 13.8. The maximum atomic E-state index is 14.1. The summed E-state index contributed by atoms with van der Waals surface area (Å²) < 4.78 is 45.0. The van der Waals surface area contributed by atoms with E-state index in [1.165, 1.54) is 28.7 Å². The Hall–Kier alpha value is -2.41. The third kappa shape index (κ3) is 5.15. The molecule has 0 radical (unpaired) electrons. The lowest BCUT2D eigenvalue weighted by molar-refractivity contribution is -0.133. The standard InChI is InChI=1S/C22H26FNO4S/c1-16(2)17-7-9-18(10-8-17)28-15-22(25)24-12-11-21(29(26,27)14-13-24)19-5-3-4-6-20(19)23/h3-10,16,21H,11-15H2,1-2H3. The molecule has 2 aromatic rings.